The summed E-state index contributed by atoms with van der Waals surface area (Å²) in [7, 11) is 1.23. The second kappa shape index (κ2) is 11.7. The van der Waals surface area contributed by atoms with E-state index in [1.54, 1.807) is 19.9 Å². The number of esters is 2. The highest BCUT2D eigenvalue weighted by Crippen LogP contribution is 2.41. The van der Waals surface area contributed by atoms with E-state index < -0.39 is 34.7 Å². The predicted octanol–water partition coefficient (Wildman–Crippen LogP) is 1.81. The van der Waals surface area contributed by atoms with Crippen molar-refractivity contribution in [2.45, 2.75) is 25.8 Å². The topological polar surface area (TPSA) is 154 Å². The number of nitrogens with zero attached hydrogens (tertiary/aromatic N) is 2. The van der Waals surface area contributed by atoms with E-state index in [1.165, 1.54) is 37.1 Å². The van der Waals surface area contributed by atoms with Crippen molar-refractivity contribution in [1.29, 1.82) is 0 Å². The highest BCUT2D eigenvalue weighted by atomic mass is 32.2. The monoisotopic (exact) mass is 465 g/mol. The molecule has 1 aliphatic rings. The van der Waals surface area contributed by atoms with Gasteiger partial charge in [0.25, 0.3) is 5.69 Å². The molecule has 2 rings (SSSR count). The summed E-state index contributed by atoms with van der Waals surface area (Å²) in [5.74, 6) is -2.39. The highest BCUT2D eigenvalue weighted by molar-refractivity contribution is 7.99. The number of aliphatic hydroxyl groups is 1. The van der Waals surface area contributed by atoms with Crippen LogP contribution in [-0.4, -0.2) is 65.6 Å². The Morgan fingerprint density at radius 1 is 1.41 bits per heavy atom. The number of benzene rings is 1. The van der Waals surface area contributed by atoms with Gasteiger partial charge in [0.15, 0.2) is 0 Å². The Balaban J connectivity index is 2.65. The lowest BCUT2D eigenvalue weighted by molar-refractivity contribution is -0.384. The molecule has 0 radical (unpaired) electrons. The maximum Gasteiger partial charge on any atom is 0.336 e. The van der Waals surface area contributed by atoms with Crippen LogP contribution in [-0.2, 0) is 19.1 Å². The van der Waals surface area contributed by atoms with E-state index in [4.69, 9.17) is 20.3 Å². The summed E-state index contributed by atoms with van der Waals surface area (Å²) in [5, 5.41) is 20.5. The van der Waals surface area contributed by atoms with Crippen LogP contribution in [0.15, 0.2) is 40.5 Å². The van der Waals surface area contributed by atoms with E-state index in [9.17, 15) is 19.7 Å². The van der Waals surface area contributed by atoms with E-state index in [-0.39, 0.29) is 30.2 Å². The Bertz CT molecular complexity index is 932. The van der Waals surface area contributed by atoms with Gasteiger partial charge in [0.1, 0.15) is 5.92 Å². The lowest BCUT2D eigenvalue weighted by atomic mass is 9.75. The first kappa shape index (κ1) is 25.5. The van der Waals surface area contributed by atoms with Crippen molar-refractivity contribution in [2.75, 3.05) is 31.8 Å². The van der Waals surface area contributed by atoms with Gasteiger partial charge < -0.3 is 20.3 Å². The number of methoxy groups -OCH3 is 1. The minimum Gasteiger partial charge on any atom is -0.468 e. The zero-order valence-electron chi connectivity index (χ0n) is 18.1. The molecule has 32 heavy (non-hydrogen) atoms. The van der Waals surface area contributed by atoms with Crippen LogP contribution in [0.1, 0.15) is 25.3 Å². The smallest absolute Gasteiger partial charge is 0.336 e. The molecule has 3 atom stereocenters. The van der Waals surface area contributed by atoms with Gasteiger partial charge in [-0.15, -0.1) is 0 Å². The number of nitrogens with two attached hydrogens (primary N) is 1. The maximum atomic E-state index is 13.0. The minimum atomic E-state index is -0.949. The molecule has 1 heterocycles. The molecule has 0 saturated carbocycles. The third-order valence-corrected chi connectivity index (χ3v) is 6.05. The number of nitro benzene ring substituents is 1. The first-order valence-corrected chi connectivity index (χ1v) is 11.1. The molecule has 11 heteroatoms. The number of hydrogen-bond acceptors (Lipinski definition) is 10. The number of nitro groups is 1. The fourth-order valence-electron chi connectivity index (χ4n) is 3.48. The molecule has 0 bridgehead atoms. The van der Waals surface area contributed by atoms with Gasteiger partial charge in [-0.2, -0.15) is 11.8 Å². The quantitative estimate of drug-likeness (QED) is 0.299. The van der Waals surface area contributed by atoms with Crippen LogP contribution in [0.3, 0.4) is 0 Å². The first-order chi connectivity index (χ1) is 15.2. The zero-order valence-corrected chi connectivity index (χ0v) is 19.0. The highest BCUT2D eigenvalue weighted by Gasteiger charge is 2.43. The average Bonchev–Trinajstić information content (AvgIpc) is 2.78. The summed E-state index contributed by atoms with van der Waals surface area (Å²) in [4.78, 5) is 41.0. The molecule has 1 aromatic rings. The number of carbonyl (C=O) groups excluding carboxylic acids is 2. The summed E-state index contributed by atoms with van der Waals surface area (Å²) < 4.78 is 10.2. The molecule has 0 saturated heterocycles. The number of hydrogen-bond donors (Lipinski definition) is 2. The third-order valence-electron chi connectivity index (χ3n) is 4.91. The zero-order chi connectivity index (χ0) is 23.8. The van der Waals surface area contributed by atoms with Gasteiger partial charge in [0.2, 0.25) is 0 Å². The second-order valence-electron chi connectivity index (χ2n) is 7.12. The molecular weight excluding hydrogens is 438 g/mol. The number of thioether (sulfide) groups is 1. The Morgan fingerprint density at radius 3 is 2.72 bits per heavy atom. The summed E-state index contributed by atoms with van der Waals surface area (Å²) in [6, 6.07) is 5.36. The minimum absolute atomic E-state index is 0.103. The predicted molar refractivity (Wildman–Crippen MR) is 120 cm³/mol. The van der Waals surface area contributed by atoms with Gasteiger partial charge in [0, 0.05) is 41.3 Å². The van der Waals surface area contributed by atoms with Crippen molar-refractivity contribution >= 4 is 35.1 Å². The average molecular weight is 466 g/mol. The fourth-order valence-corrected chi connectivity index (χ4v) is 4.42. The van der Waals surface area contributed by atoms with Crippen LogP contribution in [0.2, 0.25) is 0 Å². The molecule has 3 N–H and O–H groups in total. The summed E-state index contributed by atoms with van der Waals surface area (Å²) in [6.45, 7) is 3.23. The molecule has 10 nitrogen and oxygen atoms in total. The Hall–Kier alpha value is -2.76. The number of aliphatic hydroxyl groups excluding tert-OH is 1. The van der Waals surface area contributed by atoms with Crippen LogP contribution < -0.4 is 5.73 Å². The fraction of sp³-hybridized carbons (Fsp3) is 0.476. The Morgan fingerprint density at radius 2 is 2.12 bits per heavy atom. The third kappa shape index (κ3) is 5.93. The van der Waals surface area contributed by atoms with Crippen molar-refractivity contribution in [3.63, 3.8) is 0 Å². The molecule has 0 fully saturated rings. The second-order valence-corrected chi connectivity index (χ2v) is 8.15. The Kier molecular flexibility index (Phi) is 9.36. The number of aliphatic imine (C=N–C) groups is 1. The van der Waals surface area contributed by atoms with Crippen LogP contribution in [0.25, 0.3) is 0 Å². The summed E-state index contributed by atoms with van der Waals surface area (Å²) in [6.07, 6.45) is 0. The van der Waals surface area contributed by atoms with Crippen molar-refractivity contribution in [1.82, 2.24) is 0 Å². The molecule has 0 amide bonds. The molecule has 0 aromatic heterocycles. The van der Waals surface area contributed by atoms with Gasteiger partial charge in [0.05, 0.1) is 36.5 Å². The summed E-state index contributed by atoms with van der Waals surface area (Å²) in [5.41, 5.74) is 6.97. The van der Waals surface area contributed by atoms with Crippen LogP contribution in [0, 0.1) is 16.0 Å². The SMILES string of the molecule is CCOC(=O)C1=C(CSCC(N)CO)N=C(C)C(C(=O)OC)C1c1cccc([N+](=O)[O-])c1. The van der Waals surface area contributed by atoms with E-state index in [0.717, 1.165) is 0 Å². The van der Waals surface area contributed by atoms with Crippen molar-refractivity contribution in [3.05, 3.63) is 51.2 Å². The molecule has 0 aliphatic carbocycles. The van der Waals surface area contributed by atoms with Gasteiger partial charge in [-0.25, -0.2) is 4.79 Å². The van der Waals surface area contributed by atoms with Crippen LogP contribution in [0.4, 0.5) is 5.69 Å². The number of rotatable bonds is 10. The summed E-state index contributed by atoms with van der Waals surface area (Å²) >= 11 is 1.37. The number of carbonyl (C=O) groups is 2. The number of non-ortho nitro benzene ring substituents is 1. The van der Waals surface area contributed by atoms with Gasteiger partial charge in [-0.05, 0) is 19.4 Å². The standard InChI is InChI=1S/C21H27N3O7S/c1-4-31-21(27)19-16(11-32-10-14(22)9-25)23-12(2)17(20(26)30-3)18(19)13-6-5-7-15(8-13)24(28)29/h5-8,14,17-18,25H,4,9-11,22H2,1-3H3. The molecule has 0 spiro atoms. The molecule has 3 unspecified atom stereocenters. The molecular formula is C21H27N3O7S. The largest absolute Gasteiger partial charge is 0.468 e. The molecule has 1 aliphatic heterocycles. The van der Waals surface area contributed by atoms with Crippen molar-refractivity contribution in [2.24, 2.45) is 16.6 Å². The Labute approximate surface area is 190 Å². The lowest BCUT2D eigenvalue weighted by Gasteiger charge is -2.32. The van der Waals surface area contributed by atoms with E-state index >= 15 is 0 Å². The van der Waals surface area contributed by atoms with E-state index in [1.807, 2.05) is 0 Å². The number of ether oxygens (including phenoxy) is 2. The first-order valence-electron chi connectivity index (χ1n) is 9.96. The van der Waals surface area contributed by atoms with Gasteiger partial charge in [-0.3, -0.25) is 19.9 Å². The van der Waals surface area contributed by atoms with Crippen LogP contribution in [0.5, 0.6) is 0 Å². The lowest BCUT2D eigenvalue weighted by Crippen LogP contribution is -2.37. The molecule has 174 valence electrons. The molecule has 1 aromatic carbocycles. The van der Waals surface area contributed by atoms with Crippen LogP contribution >= 0.6 is 11.8 Å². The van der Waals surface area contributed by atoms with Gasteiger partial charge in [-0.1, -0.05) is 12.1 Å². The van der Waals surface area contributed by atoms with E-state index in [2.05, 4.69) is 4.99 Å². The van der Waals surface area contributed by atoms with Crippen molar-refractivity contribution < 1.29 is 29.1 Å². The van der Waals surface area contributed by atoms with Crippen molar-refractivity contribution in [3.8, 4) is 0 Å². The normalized spacial score (nSPS) is 19.2. The maximum absolute atomic E-state index is 13.0. The van der Waals surface area contributed by atoms with E-state index in [0.29, 0.717) is 22.7 Å². The van der Waals surface area contributed by atoms with Gasteiger partial charge >= 0.3 is 11.9 Å².